The van der Waals surface area contributed by atoms with Gasteiger partial charge in [0, 0.05) is 12.6 Å². The van der Waals surface area contributed by atoms with Gasteiger partial charge in [0.25, 0.3) is 0 Å². The first-order valence-corrected chi connectivity index (χ1v) is 8.35. The van der Waals surface area contributed by atoms with E-state index in [9.17, 15) is 4.79 Å². The van der Waals surface area contributed by atoms with E-state index < -0.39 is 0 Å². The second-order valence-electron chi connectivity index (χ2n) is 4.67. The highest BCUT2D eigenvalue weighted by Gasteiger charge is 2.14. The zero-order valence-corrected chi connectivity index (χ0v) is 12.8. The van der Waals surface area contributed by atoms with Gasteiger partial charge in [-0.2, -0.15) is 0 Å². The van der Waals surface area contributed by atoms with Gasteiger partial charge in [-0.15, -0.1) is 10.2 Å². The molecule has 3 rings (SSSR count). The van der Waals surface area contributed by atoms with E-state index in [1.807, 2.05) is 13.1 Å². The van der Waals surface area contributed by atoms with Gasteiger partial charge < -0.3 is 5.32 Å². The molecule has 1 aromatic carbocycles. The summed E-state index contributed by atoms with van der Waals surface area (Å²) in [6, 6.07) is 6.11. The molecule has 0 bridgehead atoms. The van der Waals surface area contributed by atoms with Gasteiger partial charge in [0.15, 0.2) is 10.1 Å². The lowest BCUT2D eigenvalue weighted by molar-refractivity contribution is 0.102. The number of aryl methyl sites for hydroxylation is 2. The second kappa shape index (κ2) is 5.93. The highest BCUT2D eigenvalue weighted by atomic mass is 32.2. The Hall–Kier alpha value is -1.40. The maximum Gasteiger partial charge on any atom is 0.206 e. The largest absolute Gasteiger partial charge is 0.363 e. The quantitative estimate of drug-likeness (QED) is 0.679. The summed E-state index contributed by atoms with van der Waals surface area (Å²) in [7, 11) is 1.81. The summed E-state index contributed by atoms with van der Waals surface area (Å²) in [4.78, 5) is 12.2. The number of fused-ring (bicyclic) bond motifs is 1. The number of aromatic nitrogens is 2. The number of hydrogen-bond donors (Lipinski definition) is 1. The highest BCUT2D eigenvalue weighted by Crippen LogP contribution is 2.27. The zero-order chi connectivity index (χ0) is 13.9. The molecule has 1 aliphatic carbocycles. The molecule has 2 aromatic rings. The van der Waals surface area contributed by atoms with Gasteiger partial charge in [-0.1, -0.05) is 35.2 Å². The summed E-state index contributed by atoms with van der Waals surface area (Å²) in [5.41, 5.74) is 3.56. The minimum Gasteiger partial charge on any atom is -0.363 e. The molecule has 1 aromatic heterocycles. The summed E-state index contributed by atoms with van der Waals surface area (Å²) in [6.07, 6.45) is 3.46. The average molecular weight is 305 g/mol. The van der Waals surface area contributed by atoms with Crippen LogP contribution in [0.15, 0.2) is 22.5 Å². The minimum atomic E-state index is 0.158. The molecule has 0 spiro atoms. The molecule has 1 aliphatic rings. The Balaban J connectivity index is 1.64. The van der Waals surface area contributed by atoms with Gasteiger partial charge >= 0.3 is 0 Å². The number of hydrogen-bond acceptors (Lipinski definition) is 6. The fourth-order valence-electron chi connectivity index (χ4n) is 2.33. The molecule has 1 N–H and O–H groups in total. The van der Waals surface area contributed by atoms with Gasteiger partial charge in [0.05, 0.1) is 5.75 Å². The molecule has 104 valence electrons. The van der Waals surface area contributed by atoms with E-state index in [2.05, 4.69) is 27.6 Å². The number of rotatable bonds is 5. The zero-order valence-electron chi connectivity index (χ0n) is 11.2. The van der Waals surface area contributed by atoms with Crippen LogP contribution in [-0.2, 0) is 12.8 Å². The van der Waals surface area contributed by atoms with Gasteiger partial charge in [-0.25, -0.2) is 0 Å². The van der Waals surface area contributed by atoms with E-state index in [4.69, 9.17) is 0 Å². The van der Waals surface area contributed by atoms with Crippen LogP contribution in [0, 0.1) is 0 Å². The third kappa shape index (κ3) is 2.86. The standard InChI is InChI=1S/C14H15N3OS2/c1-15-13-16-17-14(20-13)19-8-12(18)11-6-5-9-3-2-4-10(9)7-11/h5-7H,2-4,8H2,1H3,(H,15,16). The van der Waals surface area contributed by atoms with Crippen LogP contribution in [0.3, 0.4) is 0 Å². The number of benzene rings is 1. The van der Waals surface area contributed by atoms with Crippen molar-refractivity contribution in [1.29, 1.82) is 0 Å². The molecular weight excluding hydrogens is 290 g/mol. The van der Waals surface area contributed by atoms with E-state index in [0.29, 0.717) is 5.75 Å². The van der Waals surface area contributed by atoms with Crippen LogP contribution in [0.1, 0.15) is 27.9 Å². The number of carbonyl (C=O) groups is 1. The first-order chi connectivity index (χ1) is 9.76. The topological polar surface area (TPSA) is 54.9 Å². The van der Waals surface area contributed by atoms with Crippen molar-refractivity contribution in [1.82, 2.24) is 10.2 Å². The lowest BCUT2D eigenvalue weighted by atomic mass is 10.0. The van der Waals surface area contributed by atoms with Crippen LogP contribution in [0.2, 0.25) is 0 Å². The Labute approximate surface area is 126 Å². The number of Topliss-reactive ketones (excluding diaryl/α,β-unsaturated/α-hetero) is 1. The van der Waals surface area contributed by atoms with Crippen molar-refractivity contribution in [2.24, 2.45) is 0 Å². The number of thioether (sulfide) groups is 1. The molecular formula is C14H15N3OS2. The first kappa shape index (κ1) is 13.6. The third-order valence-corrected chi connectivity index (χ3v) is 5.44. The van der Waals surface area contributed by atoms with Gasteiger partial charge in [0.2, 0.25) is 5.13 Å². The lowest BCUT2D eigenvalue weighted by Crippen LogP contribution is -2.03. The van der Waals surface area contributed by atoms with E-state index in [-0.39, 0.29) is 5.78 Å². The average Bonchev–Trinajstić information content (AvgIpc) is 3.12. The predicted octanol–water partition coefficient (Wildman–Crippen LogP) is 3.04. The Morgan fingerprint density at radius 3 is 3.00 bits per heavy atom. The molecule has 0 fully saturated rings. The van der Waals surface area contributed by atoms with E-state index in [1.165, 1.54) is 40.6 Å². The van der Waals surface area contributed by atoms with Crippen LogP contribution < -0.4 is 5.32 Å². The number of nitrogens with zero attached hydrogens (tertiary/aromatic N) is 2. The molecule has 1 heterocycles. The molecule has 0 atom stereocenters. The van der Waals surface area contributed by atoms with Gasteiger partial charge in [-0.3, -0.25) is 4.79 Å². The monoisotopic (exact) mass is 305 g/mol. The molecule has 20 heavy (non-hydrogen) atoms. The third-order valence-electron chi connectivity index (χ3n) is 3.37. The molecule has 0 saturated heterocycles. The Bertz CT molecular complexity index is 639. The molecule has 0 unspecified atom stereocenters. The van der Waals surface area contributed by atoms with Crippen LogP contribution in [0.5, 0.6) is 0 Å². The summed E-state index contributed by atoms with van der Waals surface area (Å²) >= 11 is 2.92. The van der Waals surface area contributed by atoms with Crippen molar-refractivity contribution >= 4 is 34.0 Å². The molecule has 4 nitrogen and oxygen atoms in total. The number of carbonyl (C=O) groups excluding carboxylic acids is 1. The normalized spacial score (nSPS) is 13.2. The highest BCUT2D eigenvalue weighted by molar-refractivity contribution is 8.01. The fourth-order valence-corrected chi connectivity index (χ4v) is 3.92. The minimum absolute atomic E-state index is 0.158. The lowest BCUT2D eigenvalue weighted by Gasteiger charge is -2.03. The smallest absolute Gasteiger partial charge is 0.206 e. The number of anilines is 1. The summed E-state index contributed by atoms with van der Waals surface area (Å²) in [5, 5.41) is 11.7. The maximum atomic E-state index is 12.2. The summed E-state index contributed by atoms with van der Waals surface area (Å²) in [6.45, 7) is 0. The van der Waals surface area contributed by atoms with Gasteiger partial charge in [0.1, 0.15) is 0 Å². The van der Waals surface area contributed by atoms with E-state index in [1.54, 1.807) is 0 Å². The van der Waals surface area contributed by atoms with Crippen LogP contribution in [0.25, 0.3) is 0 Å². The van der Waals surface area contributed by atoms with Crippen LogP contribution >= 0.6 is 23.1 Å². The number of ketones is 1. The molecule has 6 heteroatoms. The molecule has 0 aliphatic heterocycles. The van der Waals surface area contributed by atoms with Crippen molar-refractivity contribution in [2.45, 2.75) is 23.6 Å². The molecule has 0 amide bonds. The maximum absolute atomic E-state index is 12.2. The summed E-state index contributed by atoms with van der Waals surface area (Å²) < 4.78 is 0.823. The van der Waals surface area contributed by atoms with E-state index >= 15 is 0 Å². The fraction of sp³-hybridized carbons (Fsp3) is 0.357. The second-order valence-corrected chi connectivity index (χ2v) is 6.87. The van der Waals surface area contributed by atoms with Crippen molar-refractivity contribution in [2.75, 3.05) is 18.1 Å². The Morgan fingerprint density at radius 1 is 1.35 bits per heavy atom. The SMILES string of the molecule is CNc1nnc(SCC(=O)c2ccc3c(c2)CCC3)s1. The number of nitrogens with one attached hydrogen (secondary N) is 1. The van der Waals surface area contributed by atoms with Crippen molar-refractivity contribution < 1.29 is 4.79 Å². The van der Waals surface area contributed by atoms with Crippen molar-refractivity contribution in [3.05, 3.63) is 34.9 Å². The van der Waals surface area contributed by atoms with Crippen LogP contribution in [0.4, 0.5) is 5.13 Å². The summed E-state index contributed by atoms with van der Waals surface area (Å²) in [5.74, 6) is 0.572. The Morgan fingerprint density at radius 2 is 2.20 bits per heavy atom. The van der Waals surface area contributed by atoms with Crippen LogP contribution in [-0.4, -0.2) is 28.8 Å². The van der Waals surface area contributed by atoms with Crippen molar-refractivity contribution in [3.8, 4) is 0 Å². The molecule has 0 radical (unpaired) electrons. The molecule has 0 saturated carbocycles. The predicted molar refractivity (Wildman–Crippen MR) is 83.0 cm³/mol. The van der Waals surface area contributed by atoms with E-state index in [0.717, 1.165) is 27.9 Å². The van der Waals surface area contributed by atoms with Crippen molar-refractivity contribution in [3.63, 3.8) is 0 Å². The first-order valence-electron chi connectivity index (χ1n) is 6.55. The van der Waals surface area contributed by atoms with Gasteiger partial charge in [-0.05, 0) is 36.5 Å². The Kier molecular flexibility index (Phi) is 4.03.